The lowest BCUT2D eigenvalue weighted by Crippen LogP contribution is -2.47. The average molecular weight is 375 g/mol. The minimum atomic E-state index is -1.07. The van der Waals surface area contributed by atoms with E-state index in [0.29, 0.717) is 36.1 Å². The highest BCUT2D eigenvalue weighted by Crippen LogP contribution is 2.29. The van der Waals surface area contributed by atoms with Crippen molar-refractivity contribution in [3.8, 4) is 5.75 Å². The van der Waals surface area contributed by atoms with Crippen LogP contribution in [0, 0.1) is 0 Å². The van der Waals surface area contributed by atoms with Crippen molar-refractivity contribution < 1.29 is 14.3 Å². The van der Waals surface area contributed by atoms with Crippen LogP contribution in [0.25, 0.3) is 0 Å². The van der Waals surface area contributed by atoms with E-state index in [0.717, 1.165) is 5.56 Å². The molecule has 2 aromatic carbocycles. The molecule has 0 N–H and O–H groups in total. The maximum Gasteiger partial charge on any atom is 0.350 e. The van der Waals surface area contributed by atoms with Crippen molar-refractivity contribution in [2.45, 2.75) is 52.1 Å². The SMILES string of the molecule is CCOC(=O)C(CC)(Cc1ccc(Cl)cc1)Oc1ccc(C(C)C)cc1. The minimum absolute atomic E-state index is 0.316. The molecule has 0 aliphatic carbocycles. The average Bonchev–Trinajstić information content (AvgIpc) is 2.63. The van der Waals surface area contributed by atoms with Crippen molar-refractivity contribution >= 4 is 17.6 Å². The fourth-order valence-corrected chi connectivity index (χ4v) is 2.96. The molecule has 0 amide bonds. The molecule has 140 valence electrons. The molecule has 0 saturated carbocycles. The molecule has 2 aromatic rings. The predicted molar refractivity (Wildman–Crippen MR) is 106 cm³/mol. The monoisotopic (exact) mass is 374 g/mol. The molecule has 0 fully saturated rings. The molecule has 0 spiro atoms. The van der Waals surface area contributed by atoms with Crippen molar-refractivity contribution in [1.29, 1.82) is 0 Å². The molecule has 26 heavy (non-hydrogen) atoms. The lowest BCUT2D eigenvalue weighted by Gasteiger charge is -2.31. The second-order valence-electron chi connectivity index (χ2n) is 6.70. The Bertz CT molecular complexity index is 707. The lowest BCUT2D eigenvalue weighted by atomic mass is 9.91. The van der Waals surface area contributed by atoms with E-state index in [1.807, 2.05) is 55.5 Å². The normalized spacial score (nSPS) is 13.3. The smallest absolute Gasteiger partial charge is 0.350 e. The fraction of sp³-hybridized carbons (Fsp3) is 0.409. The number of hydrogen-bond acceptors (Lipinski definition) is 3. The van der Waals surface area contributed by atoms with E-state index in [1.54, 1.807) is 6.92 Å². The first-order chi connectivity index (χ1) is 12.4. The number of benzene rings is 2. The third-order valence-electron chi connectivity index (χ3n) is 4.48. The van der Waals surface area contributed by atoms with Crippen LogP contribution in [-0.2, 0) is 16.0 Å². The van der Waals surface area contributed by atoms with Gasteiger partial charge >= 0.3 is 5.97 Å². The van der Waals surface area contributed by atoms with E-state index in [9.17, 15) is 4.79 Å². The van der Waals surface area contributed by atoms with Crippen LogP contribution in [-0.4, -0.2) is 18.2 Å². The van der Waals surface area contributed by atoms with E-state index < -0.39 is 5.60 Å². The molecule has 4 heteroatoms. The highest BCUT2D eigenvalue weighted by Gasteiger charge is 2.41. The summed E-state index contributed by atoms with van der Waals surface area (Å²) >= 11 is 5.98. The number of halogens is 1. The fourth-order valence-electron chi connectivity index (χ4n) is 2.83. The van der Waals surface area contributed by atoms with Gasteiger partial charge in [0.1, 0.15) is 5.75 Å². The lowest BCUT2D eigenvalue weighted by molar-refractivity contribution is -0.162. The Morgan fingerprint density at radius 3 is 2.15 bits per heavy atom. The van der Waals surface area contributed by atoms with E-state index in [-0.39, 0.29) is 5.97 Å². The third kappa shape index (κ3) is 5.01. The number of hydrogen-bond donors (Lipinski definition) is 0. The quantitative estimate of drug-likeness (QED) is 0.548. The van der Waals surface area contributed by atoms with Crippen LogP contribution in [0.2, 0.25) is 5.02 Å². The molecule has 1 atom stereocenters. The zero-order chi connectivity index (χ0) is 19.2. The summed E-state index contributed by atoms with van der Waals surface area (Å²) < 4.78 is 11.6. The highest BCUT2D eigenvalue weighted by atomic mass is 35.5. The van der Waals surface area contributed by atoms with Crippen molar-refractivity contribution in [3.63, 3.8) is 0 Å². The Balaban J connectivity index is 2.32. The molecule has 2 rings (SSSR count). The van der Waals surface area contributed by atoms with Crippen LogP contribution in [0.15, 0.2) is 48.5 Å². The van der Waals surface area contributed by atoms with Crippen molar-refractivity contribution in [3.05, 3.63) is 64.7 Å². The van der Waals surface area contributed by atoms with Gasteiger partial charge in [-0.2, -0.15) is 0 Å². The highest BCUT2D eigenvalue weighted by molar-refractivity contribution is 6.30. The standard InChI is InChI=1S/C22H27ClO3/c1-5-22(21(24)25-6-2,15-17-7-11-19(23)12-8-17)26-20-13-9-18(10-14-20)16(3)4/h7-14,16H,5-6,15H2,1-4H3. The Kier molecular flexibility index (Phi) is 7.10. The van der Waals surface area contributed by atoms with E-state index in [1.165, 1.54) is 5.56 Å². The molecule has 0 radical (unpaired) electrons. The zero-order valence-corrected chi connectivity index (χ0v) is 16.7. The topological polar surface area (TPSA) is 35.5 Å². The Hall–Kier alpha value is -2.00. The number of carbonyl (C=O) groups excluding carboxylic acids is 1. The van der Waals surface area contributed by atoms with Gasteiger partial charge in [-0.1, -0.05) is 56.6 Å². The van der Waals surface area contributed by atoms with Crippen molar-refractivity contribution in [1.82, 2.24) is 0 Å². The largest absolute Gasteiger partial charge is 0.475 e. The van der Waals surface area contributed by atoms with Crippen LogP contribution >= 0.6 is 11.6 Å². The molecular weight excluding hydrogens is 348 g/mol. The Labute approximate surface area is 161 Å². The first-order valence-electron chi connectivity index (χ1n) is 9.11. The van der Waals surface area contributed by atoms with Crippen molar-refractivity contribution in [2.24, 2.45) is 0 Å². The second kappa shape index (κ2) is 9.09. The van der Waals surface area contributed by atoms with Gasteiger partial charge < -0.3 is 9.47 Å². The van der Waals surface area contributed by atoms with Crippen LogP contribution in [0.3, 0.4) is 0 Å². The summed E-state index contributed by atoms with van der Waals surface area (Å²) in [5, 5.41) is 0.664. The molecule has 0 bridgehead atoms. The van der Waals surface area contributed by atoms with Crippen LogP contribution < -0.4 is 4.74 Å². The van der Waals surface area contributed by atoms with Crippen LogP contribution in [0.5, 0.6) is 5.75 Å². The summed E-state index contributed by atoms with van der Waals surface area (Å²) in [4.78, 5) is 12.8. The van der Waals surface area contributed by atoms with Crippen molar-refractivity contribution in [2.75, 3.05) is 6.61 Å². The predicted octanol–water partition coefficient (Wildman–Crippen LogP) is 5.80. The number of carbonyl (C=O) groups is 1. The summed E-state index contributed by atoms with van der Waals surface area (Å²) in [6.07, 6.45) is 0.922. The molecule has 0 aliphatic heterocycles. The summed E-state index contributed by atoms with van der Waals surface area (Å²) in [5.74, 6) is 0.766. The second-order valence-corrected chi connectivity index (χ2v) is 7.13. The molecule has 0 aliphatic rings. The van der Waals surface area contributed by atoms with Gasteiger partial charge in [0, 0.05) is 11.4 Å². The minimum Gasteiger partial charge on any atom is -0.475 e. The van der Waals surface area contributed by atoms with E-state index in [2.05, 4.69) is 13.8 Å². The summed E-state index contributed by atoms with van der Waals surface area (Å²) in [6.45, 7) is 8.35. The molecule has 0 saturated heterocycles. The van der Waals surface area contributed by atoms with Gasteiger partial charge in [0.25, 0.3) is 0 Å². The maximum absolute atomic E-state index is 12.8. The summed E-state index contributed by atoms with van der Waals surface area (Å²) in [5.41, 5.74) is 1.14. The maximum atomic E-state index is 12.8. The van der Waals surface area contributed by atoms with E-state index >= 15 is 0 Å². The summed E-state index contributed by atoms with van der Waals surface area (Å²) in [6, 6.07) is 15.4. The first kappa shape index (κ1) is 20.3. The molecular formula is C22H27ClO3. The Morgan fingerprint density at radius 1 is 1.04 bits per heavy atom. The van der Waals surface area contributed by atoms with Gasteiger partial charge in [-0.3, -0.25) is 0 Å². The van der Waals surface area contributed by atoms with Crippen LogP contribution in [0.4, 0.5) is 0 Å². The van der Waals surface area contributed by atoms with Gasteiger partial charge in [-0.25, -0.2) is 4.79 Å². The van der Waals surface area contributed by atoms with E-state index in [4.69, 9.17) is 21.1 Å². The Morgan fingerprint density at radius 2 is 1.65 bits per heavy atom. The summed E-state index contributed by atoms with van der Waals surface area (Å²) in [7, 11) is 0. The van der Waals surface area contributed by atoms with Gasteiger partial charge in [-0.15, -0.1) is 0 Å². The van der Waals surface area contributed by atoms with Crippen LogP contribution in [0.1, 0.15) is 51.2 Å². The first-order valence-corrected chi connectivity index (χ1v) is 9.48. The molecule has 0 aromatic heterocycles. The number of ether oxygens (including phenoxy) is 2. The van der Waals surface area contributed by atoms with Gasteiger partial charge in [-0.05, 0) is 54.7 Å². The number of rotatable bonds is 8. The van der Waals surface area contributed by atoms with Gasteiger partial charge in [0.15, 0.2) is 0 Å². The molecule has 1 unspecified atom stereocenters. The number of esters is 1. The van der Waals surface area contributed by atoms with Gasteiger partial charge in [0.2, 0.25) is 5.60 Å². The third-order valence-corrected chi connectivity index (χ3v) is 4.73. The zero-order valence-electron chi connectivity index (χ0n) is 15.9. The molecule has 3 nitrogen and oxygen atoms in total. The van der Waals surface area contributed by atoms with Gasteiger partial charge in [0.05, 0.1) is 6.61 Å². The molecule has 0 heterocycles.